The number of anilines is 1. The Balaban J connectivity index is 1.66. The van der Waals surface area contributed by atoms with E-state index in [2.05, 4.69) is 15.4 Å². The number of carbonyl (C=O) groups is 1. The minimum atomic E-state index is -1.12. The Labute approximate surface area is 158 Å². The lowest BCUT2D eigenvalue weighted by molar-refractivity contribution is 0.0698. The summed E-state index contributed by atoms with van der Waals surface area (Å²) in [6, 6.07) is 3.87. The van der Waals surface area contributed by atoms with Gasteiger partial charge in [-0.05, 0) is 19.1 Å². The molecule has 0 aliphatic carbocycles. The molecule has 3 aromatic rings. The van der Waals surface area contributed by atoms with Crippen LogP contribution < -0.4 is 20.5 Å². The number of aromatic nitrogens is 3. The molecule has 0 saturated heterocycles. The van der Waals surface area contributed by atoms with Gasteiger partial charge in [0.05, 0.1) is 12.2 Å². The largest absolute Gasteiger partial charge is 0.486 e. The van der Waals surface area contributed by atoms with Gasteiger partial charge < -0.3 is 25.6 Å². The fourth-order valence-electron chi connectivity index (χ4n) is 3.04. The van der Waals surface area contributed by atoms with Gasteiger partial charge in [-0.1, -0.05) is 0 Å². The van der Waals surface area contributed by atoms with Gasteiger partial charge in [-0.2, -0.15) is 5.10 Å². The third-order valence-electron chi connectivity index (χ3n) is 4.45. The smallest absolute Gasteiger partial charge is 0.341 e. The molecule has 4 rings (SSSR count). The zero-order chi connectivity index (χ0) is 19.8. The first-order valence-corrected chi connectivity index (χ1v) is 8.63. The minimum Gasteiger partial charge on any atom is -0.486 e. The van der Waals surface area contributed by atoms with E-state index >= 15 is 0 Å². The fraction of sp³-hybridized carbons (Fsp3) is 0.278. The number of carboxylic acid groups (broad SMARTS) is 1. The molecule has 9 nitrogen and oxygen atoms in total. The topological polar surface area (TPSA) is 124 Å². The molecule has 10 heteroatoms. The van der Waals surface area contributed by atoms with Crippen LogP contribution in [0, 0.1) is 5.82 Å². The monoisotopic (exact) mass is 387 g/mol. The van der Waals surface area contributed by atoms with Crippen molar-refractivity contribution in [1.82, 2.24) is 14.6 Å². The molecule has 2 atom stereocenters. The van der Waals surface area contributed by atoms with Gasteiger partial charge in [-0.3, -0.25) is 0 Å². The standard InChI is InChI=1S/C18H18FN5O4/c1-9(12-4-10(19)5-14-16(12)28-11(6-20)8-27-14)22-15-2-3-24-17(23-15)13(7-21-24)18(25)26/h2-5,7,9,11H,6,8,20H2,1H3,(H,22,23)(H,25,26)/t9-,11-/m1/s1. The molecule has 4 N–H and O–H groups in total. The number of rotatable bonds is 5. The van der Waals surface area contributed by atoms with Crippen molar-refractivity contribution in [3.05, 3.63) is 47.5 Å². The van der Waals surface area contributed by atoms with Crippen molar-refractivity contribution >= 4 is 17.4 Å². The Morgan fingerprint density at radius 3 is 3.11 bits per heavy atom. The molecule has 28 heavy (non-hydrogen) atoms. The highest BCUT2D eigenvalue weighted by Gasteiger charge is 2.26. The third kappa shape index (κ3) is 3.18. The second-order valence-electron chi connectivity index (χ2n) is 6.42. The summed E-state index contributed by atoms with van der Waals surface area (Å²) in [4.78, 5) is 15.6. The van der Waals surface area contributed by atoms with Crippen molar-refractivity contribution in [1.29, 1.82) is 0 Å². The molecule has 1 aromatic carbocycles. The van der Waals surface area contributed by atoms with Gasteiger partial charge in [-0.25, -0.2) is 18.7 Å². The van der Waals surface area contributed by atoms with Crippen LogP contribution in [-0.2, 0) is 0 Å². The first-order valence-electron chi connectivity index (χ1n) is 8.63. The average molecular weight is 387 g/mol. The van der Waals surface area contributed by atoms with Gasteiger partial charge in [0.1, 0.15) is 29.9 Å². The number of hydrogen-bond acceptors (Lipinski definition) is 7. The molecular formula is C18H18FN5O4. The predicted molar refractivity (Wildman–Crippen MR) is 97.3 cm³/mol. The highest BCUT2D eigenvalue weighted by molar-refractivity contribution is 5.94. The second-order valence-corrected chi connectivity index (χ2v) is 6.42. The zero-order valence-electron chi connectivity index (χ0n) is 14.9. The maximum absolute atomic E-state index is 14.1. The van der Waals surface area contributed by atoms with Gasteiger partial charge >= 0.3 is 5.97 Å². The van der Waals surface area contributed by atoms with Crippen LogP contribution in [0.4, 0.5) is 10.2 Å². The first-order chi connectivity index (χ1) is 13.5. The highest BCUT2D eigenvalue weighted by Crippen LogP contribution is 2.40. The number of nitrogens with two attached hydrogens (primary N) is 1. The van der Waals surface area contributed by atoms with Crippen molar-refractivity contribution in [2.45, 2.75) is 19.1 Å². The number of carboxylic acids is 1. The lowest BCUT2D eigenvalue weighted by Crippen LogP contribution is -2.36. The molecule has 0 unspecified atom stereocenters. The van der Waals surface area contributed by atoms with Crippen LogP contribution in [0.15, 0.2) is 30.6 Å². The van der Waals surface area contributed by atoms with Crippen molar-refractivity contribution in [2.24, 2.45) is 5.73 Å². The lowest BCUT2D eigenvalue weighted by Gasteiger charge is -2.29. The normalized spacial score (nSPS) is 16.8. The van der Waals surface area contributed by atoms with Crippen LogP contribution in [0.25, 0.3) is 5.65 Å². The van der Waals surface area contributed by atoms with E-state index in [-0.39, 0.29) is 30.5 Å². The average Bonchev–Trinajstić information content (AvgIpc) is 3.10. The van der Waals surface area contributed by atoms with E-state index in [9.17, 15) is 14.3 Å². The van der Waals surface area contributed by atoms with Gasteiger partial charge in [0.2, 0.25) is 0 Å². The summed E-state index contributed by atoms with van der Waals surface area (Å²) in [6.07, 6.45) is 2.51. The molecule has 3 heterocycles. The summed E-state index contributed by atoms with van der Waals surface area (Å²) in [5.41, 5.74) is 6.39. The number of halogens is 1. The van der Waals surface area contributed by atoms with Crippen molar-refractivity contribution in [3.63, 3.8) is 0 Å². The molecule has 146 valence electrons. The number of nitrogens with zero attached hydrogens (tertiary/aromatic N) is 3. The number of nitrogens with one attached hydrogen (secondary N) is 1. The third-order valence-corrected chi connectivity index (χ3v) is 4.45. The van der Waals surface area contributed by atoms with E-state index in [0.717, 1.165) is 0 Å². The Hall–Kier alpha value is -3.40. The summed E-state index contributed by atoms with van der Waals surface area (Å²) in [6.45, 7) is 2.34. The quantitative estimate of drug-likeness (QED) is 0.606. The number of hydrogen-bond donors (Lipinski definition) is 3. The summed E-state index contributed by atoms with van der Waals surface area (Å²) in [5.74, 6) is -0.413. The fourth-order valence-corrected chi connectivity index (χ4v) is 3.04. The minimum absolute atomic E-state index is 0.0121. The second kappa shape index (κ2) is 6.97. The lowest BCUT2D eigenvalue weighted by atomic mass is 10.1. The van der Waals surface area contributed by atoms with Crippen molar-refractivity contribution in [2.75, 3.05) is 18.5 Å². The molecule has 0 spiro atoms. The van der Waals surface area contributed by atoms with Crippen LogP contribution in [0.3, 0.4) is 0 Å². The van der Waals surface area contributed by atoms with Gasteiger partial charge in [0.15, 0.2) is 17.1 Å². The molecule has 0 amide bonds. The van der Waals surface area contributed by atoms with E-state index in [0.29, 0.717) is 22.9 Å². The summed E-state index contributed by atoms with van der Waals surface area (Å²) in [5, 5.41) is 16.3. The number of benzene rings is 1. The Morgan fingerprint density at radius 1 is 1.54 bits per heavy atom. The predicted octanol–water partition coefficient (Wildman–Crippen LogP) is 1.84. The van der Waals surface area contributed by atoms with Gasteiger partial charge in [-0.15, -0.1) is 0 Å². The Morgan fingerprint density at radius 2 is 2.36 bits per heavy atom. The summed E-state index contributed by atoms with van der Waals surface area (Å²) in [7, 11) is 0. The number of ether oxygens (including phenoxy) is 2. The first kappa shape index (κ1) is 18.0. The van der Waals surface area contributed by atoms with Crippen LogP contribution in [0.1, 0.15) is 28.9 Å². The number of fused-ring (bicyclic) bond motifs is 2. The molecule has 0 bridgehead atoms. The van der Waals surface area contributed by atoms with Crippen LogP contribution >= 0.6 is 0 Å². The van der Waals surface area contributed by atoms with E-state index in [1.807, 2.05) is 6.92 Å². The van der Waals surface area contributed by atoms with Crippen LogP contribution in [0.5, 0.6) is 11.5 Å². The summed E-state index contributed by atoms with van der Waals surface area (Å²) < 4.78 is 26.9. The molecule has 2 aromatic heterocycles. The van der Waals surface area contributed by atoms with E-state index < -0.39 is 17.8 Å². The van der Waals surface area contributed by atoms with Crippen LogP contribution in [0.2, 0.25) is 0 Å². The Bertz CT molecular complexity index is 1050. The van der Waals surface area contributed by atoms with Crippen molar-refractivity contribution < 1.29 is 23.8 Å². The molecule has 0 radical (unpaired) electrons. The summed E-state index contributed by atoms with van der Waals surface area (Å²) >= 11 is 0. The molecule has 1 aliphatic heterocycles. The molecule has 0 saturated carbocycles. The van der Waals surface area contributed by atoms with Crippen molar-refractivity contribution in [3.8, 4) is 11.5 Å². The van der Waals surface area contributed by atoms with Crippen LogP contribution in [-0.4, -0.2) is 44.9 Å². The zero-order valence-corrected chi connectivity index (χ0v) is 14.9. The Kier molecular flexibility index (Phi) is 4.47. The highest BCUT2D eigenvalue weighted by atomic mass is 19.1. The van der Waals surface area contributed by atoms with E-state index in [4.69, 9.17) is 15.2 Å². The number of aromatic carboxylic acids is 1. The maximum atomic E-state index is 14.1. The van der Waals surface area contributed by atoms with Gasteiger partial charge in [0.25, 0.3) is 0 Å². The van der Waals surface area contributed by atoms with E-state index in [1.165, 1.54) is 22.8 Å². The molecule has 1 aliphatic rings. The molecular weight excluding hydrogens is 369 g/mol. The maximum Gasteiger partial charge on any atom is 0.341 e. The molecule has 0 fully saturated rings. The van der Waals surface area contributed by atoms with Gasteiger partial charge in [0, 0.05) is 24.4 Å². The van der Waals surface area contributed by atoms with E-state index in [1.54, 1.807) is 12.3 Å². The SMILES string of the molecule is C[C@@H](Nc1ccn2ncc(C(=O)O)c2n1)c1cc(F)cc2c1O[C@H](CN)CO2.